The van der Waals surface area contributed by atoms with Crippen molar-refractivity contribution in [2.45, 2.75) is 25.3 Å². The van der Waals surface area contributed by atoms with Crippen molar-refractivity contribution in [2.75, 3.05) is 6.54 Å². The topological polar surface area (TPSA) is 20.3 Å². The molecule has 1 atom stereocenters. The Morgan fingerprint density at radius 2 is 1.86 bits per heavy atom. The van der Waals surface area contributed by atoms with Gasteiger partial charge in [-0.05, 0) is 48.2 Å². The van der Waals surface area contributed by atoms with Gasteiger partial charge in [-0.3, -0.25) is 4.79 Å². The molecule has 2 aromatic carbocycles. The molecule has 3 rings (SSSR count). The average Bonchev–Trinajstić information content (AvgIpc) is 2.99. The first-order chi connectivity index (χ1) is 10.6. The van der Waals surface area contributed by atoms with Crippen LogP contribution in [0.4, 0.5) is 8.78 Å². The van der Waals surface area contributed by atoms with Gasteiger partial charge in [-0.2, -0.15) is 0 Å². The van der Waals surface area contributed by atoms with Gasteiger partial charge in [0.2, 0.25) is 5.91 Å². The van der Waals surface area contributed by atoms with Crippen molar-refractivity contribution in [1.82, 2.24) is 4.90 Å². The third kappa shape index (κ3) is 3.16. The highest BCUT2D eigenvalue weighted by Crippen LogP contribution is 2.32. The number of amides is 1. The summed E-state index contributed by atoms with van der Waals surface area (Å²) in [5.41, 5.74) is 1.63. The summed E-state index contributed by atoms with van der Waals surface area (Å²) >= 11 is 0. The minimum atomic E-state index is -0.310. The first kappa shape index (κ1) is 14.7. The van der Waals surface area contributed by atoms with Crippen LogP contribution in [0.1, 0.15) is 30.0 Å². The van der Waals surface area contributed by atoms with Gasteiger partial charge in [-0.1, -0.05) is 24.3 Å². The van der Waals surface area contributed by atoms with Crippen LogP contribution < -0.4 is 0 Å². The van der Waals surface area contributed by atoms with Gasteiger partial charge in [0, 0.05) is 6.54 Å². The lowest BCUT2D eigenvalue weighted by Crippen LogP contribution is -2.31. The fourth-order valence-corrected chi connectivity index (χ4v) is 3.00. The van der Waals surface area contributed by atoms with Gasteiger partial charge < -0.3 is 4.90 Å². The maximum absolute atomic E-state index is 13.4. The molecule has 1 heterocycles. The van der Waals surface area contributed by atoms with Gasteiger partial charge in [0.1, 0.15) is 11.6 Å². The van der Waals surface area contributed by atoms with E-state index in [1.807, 2.05) is 6.07 Å². The van der Waals surface area contributed by atoms with Gasteiger partial charge in [-0.25, -0.2) is 8.78 Å². The van der Waals surface area contributed by atoms with E-state index in [1.165, 1.54) is 24.3 Å². The maximum Gasteiger partial charge on any atom is 0.227 e. The quantitative estimate of drug-likeness (QED) is 0.842. The van der Waals surface area contributed by atoms with E-state index in [4.69, 9.17) is 0 Å². The van der Waals surface area contributed by atoms with Crippen molar-refractivity contribution < 1.29 is 13.6 Å². The zero-order chi connectivity index (χ0) is 15.5. The van der Waals surface area contributed by atoms with Gasteiger partial charge in [0.25, 0.3) is 0 Å². The summed E-state index contributed by atoms with van der Waals surface area (Å²) in [6.07, 6.45) is 2.00. The van der Waals surface area contributed by atoms with Crippen molar-refractivity contribution >= 4 is 5.91 Å². The van der Waals surface area contributed by atoms with Crippen LogP contribution in [0.5, 0.6) is 0 Å². The van der Waals surface area contributed by atoms with Gasteiger partial charge in [0.05, 0.1) is 12.5 Å². The van der Waals surface area contributed by atoms with Crippen molar-refractivity contribution in [3.8, 4) is 0 Å². The van der Waals surface area contributed by atoms with Crippen LogP contribution >= 0.6 is 0 Å². The molecule has 0 aromatic heterocycles. The lowest BCUT2D eigenvalue weighted by Gasteiger charge is -2.25. The van der Waals surface area contributed by atoms with Crippen molar-refractivity contribution in [3.05, 3.63) is 71.3 Å². The Morgan fingerprint density at radius 1 is 1.09 bits per heavy atom. The number of benzene rings is 2. The average molecular weight is 301 g/mol. The molecule has 2 nitrogen and oxygen atoms in total. The van der Waals surface area contributed by atoms with Crippen LogP contribution in [-0.2, 0) is 11.2 Å². The van der Waals surface area contributed by atoms with Crippen LogP contribution in [0.3, 0.4) is 0 Å². The van der Waals surface area contributed by atoms with Gasteiger partial charge in [0.15, 0.2) is 0 Å². The standard InChI is InChI=1S/C18H17F2NO/c19-15-8-6-13(7-9-15)11-18(22)21-10-2-5-17(21)14-3-1-4-16(20)12-14/h1,3-4,6-9,12,17H,2,5,10-11H2. The van der Waals surface area contributed by atoms with Crippen LogP contribution in [0.2, 0.25) is 0 Å². The number of hydrogen-bond acceptors (Lipinski definition) is 1. The molecule has 114 valence electrons. The lowest BCUT2D eigenvalue weighted by atomic mass is 10.0. The van der Waals surface area contributed by atoms with Crippen molar-refractivity contribution in [1.29, 1.82) is 0 Å². The summed E-state index contributed by atoms with van der Waals surface area (Å²) in [6, 6.07) is 12.3. The highest BCUT2D eigenvalue weighted by atomic mass is 19.1. The van der Waals surface area contributed by atoms with Crippen LogP contribution in [0.15, 0.2) is 48.5 Å². The van der Waals surface area contributed by atoms with E-state index in [1.54, 1.807) is 23.1 Å². The molecule has 0 bridgehead atoms. The smallest absolute Gasteiger partial charge is 0.227 e. The third-order valence-electron chi connectivity index (χ3n) is 4.08. The lowest BCUT2D eigenvalue weighted by molar-refractivity contribution is -0.131. The van der Waals surface area contributed by atoms with Crippen molar-refractivity contribution in [3.63, 3.8) is 0 Å². The number of carbonyl (C=O) groups excluding carboxylic acids is 1. The van der Waals surface area contributed by atoms with E-state index in [2.05, 4.69) is 0 Å². The molecular formula is C18H17F2NO. The molecule has 1 fully saturated rings. The first-order valence-corrected chi connectivity index (χ1v) is 7.43. The number of likely N-dealkylation sites (tertiary alicyclic amines) is 1. The number of hydrogen-bond donors (Lipinski definition) is 0. The maximum atomic E-state index is 13.4. The van der Waals surface area contributed by atoms with Crippen LogP contribution in [-0.4, -0.2) is 17.4 Å². The molecule has 0 saturated carbocycles. The molecule has 1 aliphatic heterocycles. The number of carbonyl (C=O) groups is 1. The summed E-state index contributed by atoms with van der Waals surface area (Å²) in [5, 5.41) is 0. The largest absolute Gasteiger partial charge is 0.335 e. The van der Waals surface area contributed by atoms with Crippen LogP contribution in [0.25, 0.3) is 0 Å². The summed E-state index contributed by atoms with van der Waals surface area (Å²) in [6.45, 7) is 0.682. The summed E-state index contributed by atoms with van der Waals surface area (Å²) < 4.78 is 26.3. The highest BCUT2D eigenvalue weighted by Gasteiger charge is 2.29. The van der Waals surface area contributed by atoms with E-state index in [0.717, 1.165) is 24.0 Å². The minimum absolute atomic E-state index is 0.00151. The van der Waals surface area contributed by atoms with E-state index >= 15 is 0 Å². The second kappa shape index (κ2) is 6.26. The molecule has 0 aliphatic carbocycles. The van der Waals surface area contributed by atoms with Gasteiger partial charge >= 0.3 is 0 Å². The summed E-state index contributed by atoms with van der Waals surface area (Å²) in [7, 11) is 0. The second-order valence-corrected chi connectivity index (χ2v) is 5.60. The summed E-state index contributed by atoms with van der Waals surface area (Å²) in [5.74, 6) is -0.594. The van der Waals surface area contributed by atoms with E-state index in [0.29, 0.717) is 6.54 Å². The zero-order valence-electron chi connectivity index (χ0n) is 12.1. The Hall–Kier alpha value is -2.23. The molecule has 2 aromatic rings. The molecule has 1 amide bonds. The third-order valence-corrected chi connectivity index (χ3v) is 4.08. The molecule has 1 saturated heterocycles. The van der Waals surface area contributed by atoms with Crippen molar-refractivity contribution in [2.24, 2.45) is 0 Å². The number of halogens is 2. The molecule has 1 aliphatic rings. The molecule has 0 N–H and O–H groups in total. The predicted octanol–water partition coefficient (Wildman–Crippen LogP) is 3.87. The first-order valence-electron chi connectivity index (χ1n) is 7.43. The molecule has 22 heavy (non-hydrogen) atoms. The second-order valence-electron chi connectivity index (χ2n) is 5.60. The van der Waals surface area contributed by atoms with Crippen LogP contribution in [0, 0.1) is 11.6 Å². The SMILES string of the molecule is O=C(Cc1ccc(F)cc1)N1CCCC1c1cccc(F)c1. The number of nitrogens with zero attached hydrogens (tertiary/aromatic N) is 1. The Labute approximate surface area is 128 Å². The molecule has 0 radical (unpaired) electrons. The normalized spacial score (nSPS) is 17.7. The number of rotatable bonds is 3. The monoisotopic (exact) mass is 301 g/mol. The predicted molar refractivity (Wildman–Crippen MR) is 80.2 cm³/mol. The fourth-order valence-electron chi connectivity index (χ4n) is 3.00. The fraction of sp³-hybridized carbons (Fsp3) is 0.278. The molecule has 0 spiro atoms. The Morgan fingerprint density at radius 3 is 2.59 bits per heavy atom. The zero-order valence-corrected chi connectivity index (χ0v) is 12.1. The van der Waals surface area contributed by atoms with E-state index < -0.39 is 0 Å². The molecule has 1 unspecified atom stereocenters. The Balaban J connectivity index is 1.75. The van der Waals surface area contributed by atoms with E-state index in [9.17, 15) is 13.6 Å². The molecule has 4 heteroatoms. The van der Waals surface area contributed by atoms with E-state index in [-0.39, 0.29) is 30.0 Å². The minimum Gasteiger partial charge on any atom is -0.335 e. The Bertz CT molecular complexity index is 669. The molecular weight excluding hydrogens is 284 g/mol. The van der Waals surface area contributed by atoms with Gasteiger partial charge in [-0.15, -0.1) is 0 Å². The Kier molecular flexibility index (Phi) is 4.18. The highest BCUT2D eigenvalue weighted by molar-refractivity contribution is 5.79. The summed E-state index contributed by atoms with van der Waals surface area (Å²) in [4.78, 5) is 14.3.